The molecule has 0 N–H and O–H groups in total. The number of halogens is 1. The summed E-state index contributed by atoms with van der Waals surface area (Å²) >= 11 is 5.93. The number of methoxy groups -OCH3 is 1. The van der Waals surface area contributed by atoms with Crippen molar-refractivity contribution in [3.05, 3.63) is 71.5 Å². The molecule has 0 aliphatic heterocycles. The number of hydrogen-bond acceptors (Lipinski definition) is 4. The van der Waals surface area contributed by atoms with Crippen molar-refractivity contribution >= 4 is 17.5 Å². The number of hydrogen-bond donors (Lipinski definition) is 0. The van der Waals surface area contributed by atoms with E-state index in [0.29, 0.717) is 30.3 Å². The number of carbonyl (C=O) groups is 1. The third kappa shape index (κ3) is 5.04. The summed E-state index contributed by atoms with van der Waals surface area (Å²) < 4.78 is 12.5. The zero-order valence-corrected chi connectivity index (χ0v) is 16.6. The standard InChI is InChI=1S/C21H22ClN3O3/c1-24(12-4-14-28-19-6-3-5-16(22)15-19)21(26)20-11-13-25(23-20)17-7-9-18(27-2)10-8-17/h3,5-11,13,15H,4,12,14H2,1-2H3. The highest BCUT2D eigenvalue weighted by Crippen LogP contribution is 2.17. The lowest BCUT2D eigenvalue weighted by Crippen LogP contribution is -2.29. The van der Waals surface area contributed by atoms with E-state index in [2.05, 4.69) is 5.10 Å². The molecular weight excluding hydrogens is 378 g/mol. The molecule has 0 radical (unpaired) electrons. The fraction of sp³-hybridized carbons (Fsp3) is 0.238. The first-order chi connectivity index (χ1) is 13.6. The molecule has 28 heavy (non-hydrogen) atoms. The largest absolute Gasteiger partial charge is 0.497 e. The molecule has 1 amide bonds. The van der Waals surface area contributed by atoms with E-state index < -0.39 is 0 Å². The van der Waals surface area contributed by atoms with Crippen LogP contribution in [-0.2, 0) is 0 Å². The minimum atomic E-state index is -0.130. The third-order valence-electron chi connectivity index (χ3n) is 4.19. The monoisotopic (exact) mass is 399 g/mol. The predicted octanol–water partition coefficient (Wildman–Crippen LogP) is 4.08. The summed E-state index contributed by atoms with van der Waals surface area (Å²) in [5, 5.41) is 5.02. The first-order valence-electron chi connectivity index (χ1n) is 8.91. The van der Waals surface area contributed by atoms with E-state index in [9.17, 15) is 4.79 Å². The summed E-state index contributed by atoms with van der Waals surface area (Å²) in [5.74, 6) is 1.36. The molecule has 1 heterocycles. The topological polar surface area (TPSA) is 56.6 Å². The van der Waals surface area contributed by atoms with Crippen LogP contribution in [0.1, 0.15) is 16.9 Å². The molecule has 0 saturated heterocycles. The molecule has 0 fully saturated rings. The Kier molecular flexibility index (Phi) is 6.55. The molecule has 2 aromatic carbocycles. The second-order valence-electron chi connectivity index (χ2n) is 6.23. The van der Waals surface area contributed by atoms with Crippen LogP contribution in [-0.4, -0.2) is 47.9 Å². The average Bonchev–Trinajstić information content (AvgIpc) is 3.21. The molecule has 146 valence electrons. The number of ether oxygens (including phenoxy) is 2. The maximum atomic E-state index is 12.6. The summed E-state index contributed by atoms with van der Waals surface area (Å²) in [6.45, 7) is 1.06. The van der Waals surface area contributed by atoms with Gasteiger partial charge in [-0.2, -0.15) is 5.10 Å². The van der Waals surface area contributed by atoms with Crippen LogP contribution in [0.4, 0.5) is 0 Å². The van der Waals surface area contributed by atoms with Gasteiger partial charge in [-0.05, 0) is 55.0 Å². The van der Waals surface area contributed by atoms with Crippen molar-refractivity contribution in [2.24, 2.45) is 0 Å². The highest BCUT2D eigenvalue weighted by Gasteiger charge is 2.15. The molecule has 3 rings (SSSR count). The van der Waals surface area contributed by atoms with Crippen molar-refractivity contribution in [3.8, 4) is 17.2 Å². The fourth-order valence-corrected chi connectivity index (χ4v) is 2.84. The van der Waals surface area contributed by atoms with Gasteiger partial charge in [-0.15, -0.1) is 0 Å². The van der Waals surface area contributed by atoms with E-state index in [4.69, 9.17) is 21.1 Å². The Hall–Kier alpha value is -2.99. The summed E-state index contributed by atoms with van der Waals surface area (Å²) in [4.78, 5) is 14.2. The van der Waals surface area contributed by atoms with Crippen LogP contribution < -0.4 is 9.47 Å². The smallest absolute Gasteiger partial charge is 0.274 e. The summed E-state index contributed by atoms with van der Waals surface area (Å²) in [5.41, 5.74) is 1.26. The zero-order chi connectivity index (χ0) is 19.9. The van der Waals surface area contributed by atoms with Gasteiger partial charge < -0.3 is 14.4 Å². The Morgan fingerprint density at radius 3 is 2.64 bits per heavy atom. The minimum Gasteiger partial charge on any atom is -0.497 e. The van der Waals surface area contributed by atoms with Crippen molar-refractivity contribution in [1.82, 2.24) is 14.7 Å². The van der Waals surface area contributed by atoms with Crippen LogP contribution in [0, 0.1) is 0 Å². The summed E-state index contributed by atoms with van der Waals surface area (Å²) in [6.07, 6.45) is 2.47. The van der Waals surface area contributed by atoms with E-state index >= 15 is 0 Å². The second-order valence-corrected chi connectivity index (χ2v) is 6.67. The van der Waals surface area contributed by atoms with Crippen molar-refractivity contribution in [2.45, 2.75) is 6.42 Å². The van der Waals surface area contributed by atoms with Gasteiger partial charge in [0.2, 0.25) is 0 Å². The predicted molar refractivity (Wildman–Crippen MR) is 109 cm³/mol. The molecule has 0 aliphatic carbocycles. The maximum absolute atomic E-state index is 12.6. The van der Waals surface area contributed by atoms with E-state index in [1.807, 2.05) is 36.4 Å². The van der Waals surface area contributed by atoms with Crippen molar-refractivity contribution in [3.63, 3.8) is 0 Å². The highest BCUT2D eigenvalue weighted by molar-refractivity contribution is 6.30. The first-order valence-corrected chi connectivity index (χ1v) is 9.28. The number of carbonyl (C=O) groups excluding carboxylic acids is 1. The Morgan fingerprint density at radius 2 is 1.93 bits per heavy atom. The Labute approximate surface area is 169 Å². The molecule has 1 aromatic heterocycles. The molecular formula is C21H22ClN3O3. The van der Waals surface area contributed by atoms with Crippen molar-refractivity contribution in [1.29, 1.82) is 0 Å². The maximum Gasteiger partial charge on any atom is 0.274 e. The van der Waals surface area contributed by atoms with Gasteiger partial charge >= 0.3 is 0 Å². The van der Waals surface area contributed by atoms with Crippen LogP contribution in [0.2, 0.25) is 5.02 Å². The number of aromatic nitrogens is 2. The molecule has 0 bridgehead atoms. The molecule has 0 atom stereocenters. The summed E-state index contributed by atoms with van der Waals surface area (Å²) in [7, 11) is 3.38. The lowest BCUT2D eigenvalue weighted by atomic mass is 10.3. The van der Waals surface area contributed by atoms with Gasteiger partial charge in [0.05, 0.1) is 19.4 Å². The number of nitrogens with zero attached hydrogens (tertiary/aromatic N) is 3. The molecule has 7 heteroatoms. The van der Waals surface area contributed by atoms with Gasteiger partial charge in [0.15, 0.2) is 5.69 Å². The lowest BCUT2D eigenvalue weighted by Gasteiger charge is -2.16. The average molecular weight is 400 g/mol. The third-order valence-corrected chi connectivity index (χ3v) is 4.43. The van der Waals surface area contributed by atoms with Crippen LogP contribution in [0.25, 0.3) is 5.69 Å². The molecule has 0 saturated carbocycles. The van der Waals surface area contributed by atoms with Crippen LogP contribution >= 0.6 is 11.6 Å². The normalized spacial score (nSPS) is 10.5. The molecule has 0 unspecified atom stereocenters. The Morgan fingerprint density at radius 1 is 1.14 bits per heavy atom. The quantitative estimate of drug-likeness (QED) is 0.536. The molecule has 3 aromatic rings. The van der Waals surface area contributed by atoms with Gasteiger partial charge in [-0.3, -0.25) is 4.79 Å². The van der Waals surface area contributed by atoms with Crippen molar-refractivity contribution < 1.29 is 14.3 Å². The number of rotatable bonds is 8. The Bertz CT molecular complexity index is 925. The number of amides is 1. The highest BCUT2D eigenvalue weighted by atomic mass is 35.5. The second kappa shape index (κ2) is 9.28. The van der Waals surface area contributed by atoms with Gasteiger partial charge in [-0.1, -0.05) is 17.7 Å². The summed E-state index contributed by atoms with van der Waals surface area (Å²) in [6, 6.07) is 16.4. The lowest BCUT2D eigenvalue weighted by molar-refractivity contribution is 0.0781. The van der Waals surface area contributed by atoms with Gasteiger partial charge in [0.1, 0.15) is 11.5 Å². The van der Waals surface area contributed by atoms with Crippen LogP contribution in [0.15, 0.2) is 60.8 Å². The zero-order valence-electron chi connectivity index (χ0n) is 15.8. The van der Waals surface area contributed by atoms with E-state index in [-0.39, 0.29) is 5.91 Å². The van der Waals surface area contributed by atoms with E-state index in [0.717, 1.165) is 17.2 Å². The molecule has 0 spiro atoms. The van der Waals surface area contributed by atoms with Crippen LogP contribution in [0.5, 0.6) is 11.5 Å². The van der Waals surface area contributed by atoms with E-state index in [1.165, 1.54) is 0 Å². The van der Waals surface area contributed by atoms with E-state index in [1.54, 1.807) is 48.1 Å². The first kappa shape index (κ1) is 19.8. The van der Waals surface area contributed by atoms with Crippen molar-refractivity contribution in [2.75, 3.05) is 27.3 Å². The van der Waals surface area contributed by atoms with Crippen LogP contribution in [0.3, 0.4) is 0 Å². The van der Waals surface area contributed by atoms with Gasteiger partial charge in [-0.25, -0.2) is 4.68 Å². The Balaban J connectivity index is 1.51. The molecule has 0 aliphatic rings. The molecule has 6 nitrogen and oxygen atoms in total. The van der Waals surface area contributed by atoms with Gasteiger partial charge in [0.25, 0.3) is 5.91 Å². The van der Waals surface area contributed by atoms with Gasteiger partial charge in [0, 0.05) is 24.8 Å². The number of benzene rings is 2. The fourth-order valence-electron chi connectivity index (χ4n) is 2.66. The SMILES string of the molecule is COc1ccc(-n2ccc(C(=O)N(C)CCCOc3cccc(Cl)c3)n2)cc1. The minimum absolute atomic E-state index is 0.130.